The summed E-state index contributed by atoms with van der Waals surface area (Å²) in [4.78, 5) is 4.72. The van der Waals surface area contributed by atoms with Crippen LogP contribution in [-0.2, 0) is 12.4 Å². The van der Waals surface area contributed by atoms with E-state index < -0.39 is 0 Å². The molecule has 1 heterocycles. The van der Waals surface area contributed by atoms with Crippen LogP contribution >= 0.6 is 23.2 Å². The molecular weight excluding hydrogens is 291 g/mol. The fraction of sp³-hybridized carbons (Fsp3) is 0.188. The molecule has 0 aliphatic heterocycles. The number of hydrogen-bond donors (Lipinski definition) is 0. The molecule has 2 nitrogen and oxygen atoms in total. The maximum absolute atomic E-state index is 6.09. The third-order valence-corrected chi connectivity index (χ3v) is 3.94. The zero-order chi connectivity index (χ0) is 14.1. The maximum atomic E-state index is 6.09. The molecule has 0 atom stereocenters. The van der Waals surface area contributed by atoms with E-state index in [0.717, 1.165) is 39.6 Å². The van der Waals surface area contributed by atoms with Crippen LogP contribution in [0.4, 0.5) is 0 Å². The summed E-state index contributed by atoms with van der Waals surface area (Å²) in [5.74, 6) is 1.49. The molecule has 0 spiro atoms. The highest BCUT2D eigenvalue weighted by atomic mass is 35.5. The third kappa shape index (κ3) is 2.30. The van der Waals surface area contributed by atoms with Crippen LogP contribution in [0.2, 0.25) is 5.02 Å². The van der Waals surface area contributed by atoms with Crippen molar-refractivity contribution in [2.45, 2.75) is 19.3 Å². The third-order valence-electron chi connectivity index (χ3n) is 3.39. The predicted molar refractivity (Wildman–Crippen MR) is 85.4 cm³/mol. The molecule has 0 aliphatic rings. The summed E-state index contributed by atoms with van der Waals surface area (Å²) in [6.07, 6.45) is 0. The Hall–Kier alpha value is -1.51. The standard InChI is InChI=1S/C16H14Cl2N2/c1-2-20-15-9-13(18)7-8-14(15)19-16(20)12-5-3-11(10-17)4-6-12/h3-9H,2,10H2,1H3. The normalized spacial score (nSPS) is 11.2. The second-order valence-corrected chi connectivity index (χ2v) is 5.35. The lowest BCUT2D eigenvalue weighted by Crippen LogP contribution is -1.97. The van der Waals surface area contributed by atoms with Gasteiger partial charge < -0.3 is 4.57 Å². The average Bonchev–Trinajstić information content (AvgIpc) is 2.85. The molecule has 0 saturated carbocycles. The first kappa shape index (κ1) is 13.5. The number of aromatic nitrogens is 2. The summed E-state index contributed by atoms with van der Waals surface area (Å²) in [5, 5.41) is 0.733. The van der Waals surface area contributed by atoms with E-state index >= 15 is 0 Å². The van der Waals surface area contributed by atoms with Crippen molar-refractivity contribution in [1.29, 1.82) is 0 Å². The fourth-order valence-corrected chi connectivity index (χ4v) is 2.72. The van der Waals surface area contributed by atoms with E-state index in [9.17, 15) is 0 Å². The lowest BCUT2D eigenvalue weighted by Gasteiger charge is -2.06. The van der Waals surface area contributed by atoms with Gasteiger partial charge in [0.05, 0.1) is 11.0 Å². The summed E-state index contributed by atoms with van der Waals surface area (Å²) in [5.41, 5.74) is 4.23. The Kier molecular flexibility index (Phi) is 3.68. The highest BCUT2D eigenvalue weighted by Crippen LogP contribution is 2.27. The van der Waals surface area contributed by atoms with Gasteiger partial charge in [-0.25, -0.2) is 4.98 Å². The lowest BCUT2D eigenvalue weighted by atomic mass is 10.1. The minimum atomic E-state index is 0.528. The minimum absolute atomic E-state index is 0.528. The minimum Gasteiger partial charge on any atom is -0.324 e. The Bertz CT molecular complexity index is 745. The molecule has 0 aliphatic carbocycles. The quantitative estimate of drug-likeness (QED) is 0.614. The van der Waals surface area contributed by atoms with Crippen LogP contribution in [0.25, 0.3) is 22.4 Å². The SMILES string of the molecule is CCn1c(-c2ccc(CCl)cc2)nc2ccc(Cl)cc21. The molecule has 0 radical (unpaired) electrons. The number of fused-ring (bicyclic) bond motifs is 1. The van der Waals surface area contributed by atoms with Gasteiger partial charge in [0.15, 0.2) is 0 Å². The molecule has 20 heavy (non-hydrogen) atoms. The van der Waals surface area contributed by atoms with E-state index in [1.54, 1.807) is 0 Å². The van der Waals surface area contributed by atoms with Gasteiger partial charge in [0.2, 0.25) is 0 Å². The molecule has 3 aromatic rings. The summed E-state index contributed by atoms with van der Waals surface area (Å²) >= 11 is 11.9. The number of imidazole rings is 1. The van der Waals surface area contributed by atoms with E-state index in [1.807, 2.05) is 30.3 Å². The molecule has 0 saturated heterocycles. The number of halogens is 2. The van der Waals surface area contributed by atoms with Gasteiger partial charge in [-0.15, -0.1) is 11.6 Å². The summed E-state index contributed by atoms with van der Waals surface area (Å²) < 4.78 is 2.18. The molecule has 0 amide bonds. The first-order valence-corrected chi connectivity index (χ1v) is 7.45. The van der Waals surface area contributed by atoms with E-state index in [1.165, 1.54) is 0 Å². The van der Waals surface area contributed by atoms with Gasteiger partial charge in [-0.2, -0.15) is 0 Å². The second-order valence-electron chi connectivity index (χ2n) is 4.64. The molecule has 0 fully saturated rings. The van der Waals surface area contributed by atoms with Crippen molar-refractivity contribution >= 4 is 34.2 Å². The fourth-order valence-electron chi connectivity index (χ4n) is 2.38. The van der Waals surface area contributed by atoms with Crippen molar-refractivity contribution in [3.63, 3.8) is 0 Å². The van der Waals surface area contributed by atoms with Gasteiger partial charge in [-0.05, 0) is 30.7 Å². The highest BCUT2D eigenvalue weighted by molar-refractivity contribution is 6.31. The number of nitrogens with zero attached hydrogens (tertiary/aromatic N) is 2. The van der Waals surface area contributed by atoms with Gasteiger partial charge in [0.25, 0.3) is 0 Å². The van der Waals surface area contributed by atoms with E-state index in [0.29, 0.717) is 5.88 Å². The number of hydrogen-bond acceptors (Lipinski definition) is 1. The van der Waals surface area contributed by atoms with Gasteiger partial charge in [0.1, 0.15) is 5.82 Å². The Balaban J connectivity index is 2.19. The van der Waals surface area contributed by atoms with Crippen molar-refractivity contribution < 1.29 is 0 Å². The Morgan fingerprint density at radius 1 is 1.10 bits per heavy atom. The number of rotatable bonds is 3. The van der Waals surface area contributed by atoms with E-state index in [2.05, 4.69) is 23.6 Å². The van der Waals surface area contributed by atoms with Gasteiger partial charge in [0, 0.05) is 23.0 Å². The average molecular weight is 305 g/mol. The molecule has 0 unspecified atom stereocenters. The Labute approximate surface area is 128 Å². The smallest absolute Gasteiger partial charge is 0.141 e. The molecule has 1 aromatic heterocycles. The molecule has 0 bridgehead atoms. The van der Waals surface area contributed by atoms with Crippen molar-refractivity contribution in [3.05, 3.63) is 53.1 Å². The zero-order valence-corrected chi connectivity index (χ0v) is 12.6. The van der Waals surface area contributed by atoms with Crippen LogP contribution in [0.3, 0.4) is 0 Å². The summed E-state index contributed by atoms with van der Waals surface area (Å²) in [6.45, 7) is 2.96. The molecular formula is C16H14Cl2N2. The second kappa shape index (κ2) is 5.47. The van der Waals surface area contributed by atoms with Crippen molar-refractivity contribution in [3.8, 4) is 11.4 Å². The maximum Gasteiger partial charge on any atom is 0.141 e. The van der Waals surface area contributed by atoms with Crippen LogP contribution in [0, 0.1) is 0 Å². The van der Waals surface area contributed by atoms with Crippen molar-refractivity contribution in [2.24, 2.45) is 0 Å². The van der Waals surface area contributed by atoms with Gasteiger partial charge >= 0.3 is 0 Å². The summed E-state index contributed by atoms with van der Waals surface area (Å²) in [6, 6.07) is 14.0. The lowest BCUT2D eigenvalue weighted by molar-refractivity contribution is 0.796. The van der Waals surface area contributed by atoms with Crippen LogP contribution in [0.5, 0.6) is 0 Å². The predicted octanol–water partition coefficient (Wildman–Crippen LogP) is 5.12. The first-order chi connectivity index (χ1) is 9.72. The van der Waals surface area contributed by atoms with Gasteiger partial charge in [-0.3, -0.25) is 0 Å². The first-order valence-electron chi connectivity index (χ1n) is 6.54. The Morgan fingerprint density at radius 3 is 2.50 bits per heavy atom. The van der Waals surface area contributed by atoms with Gasteiger partial charge in [-0.1, -0.05) is 35.9 Å². The molecule has 102 valence electrons. The molecule has 4 heteroatoms. The van der Waals surface area contributed by atoms with Crippen LogP contribution in [-0.4, -0.2) is 9.55 Å². The zero-order valence-electron chi connectivity index (χ0n) is 11.1. The number of benzene rings is 2. The van der Waals surface area contributed by atoms with E-state index in [4.69, 9.17) is 28.2 Å². The van der Waals surface area contributed by atoms with Crippen LogP contribution in [0.1, 0.15) is 12.5 Å². The molecule has 0 N–H and O–H groups in total. The van der Waals surface area contributed by atoms with Crippen LogP contribution < -0.4 is 0 Å². The van der Waals surface area contributed by atoms with Crippen molar-refractivity contribution in [1.82, 2.24) is 9.55 Å². The highest BCUT2D eigenvalue weighted by Gasteiger charge is 2.11. The Morgan fingerprint density at radius 2 is 1.85 bits per heavy atom. The van der Waals surface area contributed by atoms with Crippen molar-refractivity contribution in [2.75, 3.05) is 0 Å². The number of alkyl halides is 1. The number of aryl methyl sites for hydroxylation is 1. The molecule has 3 rings (SSSR count). The van der Waals surface area contributed by atoms with Crippen LogP contribution in [0.15, 0.2) is 42.5 Å². The topological polar surface area (TPSA) is 17.8 Å². The largest absolute Gasteiger partial charge is 0.324 e. The van der Waals surface area contributed by atoms with E-state index in [-0.39, 0.29) is 0 Å². The molecule has 2 aromatic carbocycles. The monoisotopic (exact) mass is 304 g/mol. The summed E-state index contributed by atoms with van der Waals surface area (Å²) in [7, 11) is 0.